The smallest absolute Gasteiger partial charge is 0.213 e. The third-order valence-corrected chi connectivity index (χ3v) is 4.37. The van der Waals surface area contributed by atoms with Crippen LogP contribution in [0.4, 0.5) is 0 Å². The maximum absolute atomic E-state index is 11.6. The summed E-state index contributed by atoms with van der Waals surface area (Å²) in [4.78, 5) is 0. The monoisotopic (exact) mass is 264 g/mol. The first-order valence-electron chi connectivity index (χ1n) is 6.32. The van der Waals surface area contributed by atoms with Gasteiger partial charge in [-0.3, -0.25) is 0 Å². The van der Waals surface area contributed by atoms with Crippen LogP contribution in [-0.2, 0) is 14.8 Å². The summed E-state index contributed by atoms with van der Waals surface area (Å²) >= 11 is 0. The molecular weight excluding hydrogens is 240 g/mol. The first kappa shape index (κ1) is 14.9. The van der Waals surface area contributed by atoms with Crippen LogP contribution in [-0.4, -0.2) is 46.5 Å². The Kier molecular flexibility index (Phi) is 6.40. The average Bonchev–Trinajstić information content (AvgIpc) is 2.29. The van der Waals surface area contributed by atoms with Gasteiger partial charge in [-0.25, -0.2) is 13.1 Å². The maximum Gasteiger partial charge on any atom is 0.213 e. The molecule has 2 atom stereocenters. The lowest BCUT2D eigenvalue weighted by Crippen LogP contribution is -2.42. The second-order valence-corrected chi connectivity index (χ2v) is 6.54. The van der Waals surface area contributed by atoms with Crippen molar-refractivity contribution in [3.05, 3.63) is 0 Å². The van der Waals surface area contributed by atoms with Gasteiger partial charge >= 0.3 is 0 Å². The van der Waals surface area contributed by atoms with E-state index in [4.69, 9.17) is 4.74 Å². The van der Waals surface area contributed by atoms with E-state index in [1.807, 2.05) is 6.92 Å². The van der Waals surface area contributed by atoms with E-state index in [0.29, 0.717) is 25.1 Å². The number of ether oxygens (including phenoxy) is 1. The van der Waals surface area contributed by atoms with Gasteiger partial charge in [-0.05, 0) is 39.2 Å². The topological polar surface area (TPSA) is 67.4 Å². The molecule has 0 radical (unpaired) electrons. The zero-order valence-electron chi connectivity index (χ0n) is 10.7. The Morgan fingerprint density at radius 1 is 1.41 bits per heavy atom. The Morgan fingerprint density at radius 3 is 2.76 bits per heavy atom. The van der Waals surface area contributed by atoms with Gasteiger partial charge in [-0.1, -0.05) is 0 Å². The summed E-state index contributed by atoms with van der Waals surface area (Å²) in [6, 6.07) is 0.556. The van der Waals surface area contributed by atoms with Gasteiger partial charge in [0, 0.05) is 19.2 Å². The molecule has 1 aliphatic heterocycles. The molecule has 0 saturated carbocycles. The highest BCUT2D eigenvalue weighted by atomic mass is 32.2. The Hall–Kier alpha value is -0.170. The molecule has 0 spiro atoms. The summed E-state index contributed by atoms with van der Waals surface area (Å²) in [5.41, 5.74) is 0. The number of sulfonamides is 1. The molecule has 2 N–H and O–H groups in total. The van der Waals surface area contributed by atoms with E-state index in [1.54, 1.807) is 0 Å². The first-order chi connectivity index (χ1) is 8.03. The van der Waals surface area contributed by atoms with Crippen LogP contribution in [0.25, 0.3) is 0 Å². The van der Waals surface area contributed by atoms with Crippen LogP contribution in [0.15, 0.2) is 0 Å². The van der Waals surface area contributed by atoms with Gasteiger partial charge in [0.1, 0.15) is 0 Å². The van der Waals surface area contributed by atoms with Crippen molar-refractivity contribution in [3.8, 4) is 0 Å². The van der Waals surface area contributed by atoms with Crippen LogP contribution in [0.5, 0.6) is 0 Å². The van der Waals surface area contributed by atoms with E-state index in [0.717, 1.165) is 19.4 Å². The van der Waals surface area contributed by atoms with E-state index in [-0.39, 0.29) is 12.4 Å². The van der Waals surface area contributed by atoms with Crippen LogP contribution in [0, 0.1) is 5.92 Å². The van der Waals surface area contributed by atoms with Crippen molar-refractivity contribution in [2.45, 2.75) is 32.7 Å². The average molecular weight is 264 g/mol. The molecule has 1 fully saturated rings. The number of nitrogens with one attached hydrogen (secondary N) is 2. The molecule has 1 rings (SSSR count). The van der Waals surface area contributed by atoms with E-state index in [2.05, 4.69) is 17.0 Å². The zero-order valence-corrected chi connectivity index (χ0v) is 11.6. The molecule has 0 aromatic rings. The van der Waals surface area contributed by atoms with E-state index in [9.17, 15) is 8.42 Å². The molecule has 1 aliphatic rings. The van der Waals surface area contributed by atoms with Crippen molar-refractivity contribution in [1.82, 2.24) is 10.0 Å². The van der Waals surface area contributed by atoms with Crippen LogP contribution < -0.4 is 10.0 Å². The third kappa shape index (κ3) is 6.35. The number of rotatable bonds is 7. The largest absolute Gasteiger partial charge is 0.381 e. The Balaban J connectivity index is 2.20. The van der Waals surface area contributed by atoms with Gasteiger partial charge in [-0.15, -0.1) is 0 Å². The molecule has 1 saturated heterocycles. The first-order valence-corrected chi connectivity index (χ1v) is 7.97. The predicted octanol–water partition coefficient (Wildman–Crippen LogP) is 0.330. The zero-order chi connectivity index (χ0) is 12.7. The molecule has 0 bridgehead atoms. The fraction of sp³-hybridized carbons (Fsp3) is 1.00. The molecule has 0 aromatic heterocycles. The molecule has 0 aromatic carbocycles. The molecule has 0 aliphatic carbocycles. The minimum Gasteiger partial charge on any atom is -0.381 e. The summed E-state index contributed by atoms with van der Waals surface area (Å²) in [6.07, 6.45) is 2.20. The standard InChI is InChI=1S/C11H24N2O3S/c1-3-16-6-7-17(14,15)13-9-11-5-4-10(2)12-8-11/h10-13H,3-9H2,1-2H3. The third-order valence-electron chi connectivity index (χ3n) is 3.06. The molecule has 5 nitrogen and oxygen atoms in total. The summed E-state index contributed by atoms with van der Waals surface area (Å²) in [5.74, 6) is 0.463. The second kappa shape index (κ2) is 7.31. The fourth-order valence-electron chi connectivity index (χ4n) is 1.86. The van der Waals surface area contributed by atoms with Crippen molar-refractivity contribution < 1.29 is 13.2 Å². The molecular formula is C11H24N2O3S. The molecule has 102 valence electrons. The van der Waals surface area contributed by atoms with Gasteiger partial charge in [-0.2, -0.15) is 0 Å². The van der Waals surface area contributed by atoms with Gasteiger partial charge in [0.2, 0.25) is 10.0 Å². The Labute approximate surface area is 104 Å². The fourth-order valence-corrected chi connectivity index (χ4v) is 2.83. The van der Waals surface area contributed by atoms with Gasteiger partial charge < -0.3 is 10.1 Å². The lowest BCUT2D eigenvalue weighted by atomic mass is 9.96. The van der Waals surface area contributed by atoms with Crippen LogP contribution in [0.2, 0.25) is 0 Å². The second-order valence-electron chi connectivity index (χ2n) is 4.62. The minimum absolute atomic E-state index is 0.0530. The van der Waals surface area contributed by atoms with Crippen molar-refractivity contribution >= 4 is 10.0 Å². The van der Waals surface area contributed by atoms with E-state index < -0.39 is 10.0 Å². The molecule has 2 unspecified atom stereocenters. The quantitative estimate of drug-likeness (QED) is 0.650. The lowest BCUT2D eigenvalue weighted by molar-refractivity contribution is 0.163. The normalized spacial score (nSPS) is 26.0. The number of piperidine rings is 1. The SMILES string of the molecule is CCOCCS(=O)(=O)NCC1CCC(C)NC1. The van der Waals surface area contributed by atoms with Crippen molar-refractivity contribution in [2.24, 2.45) is 5.92 Å². The maximum atomic E-state index is 11.6. The summed E-state index contributed by atoms with van der Waals surface area (Å²) in [6.45, 7) is 6.27. The predicted molar refractivity (Wildman–Crippen MR) is 68.5 cm³/mol. The molecule has 1 heterocycles. The summed E-state index contributed by atoms with van der Waals surface area (Å²) in [7, 11) is -3.17. The van der Waals surface area contributed by atoms with Gasteiger partial charge in [0.05, 0.1) is 12.4 Å². The Morgan fingerprint density at radius 2 is 2.18 bits per heavy atom. The van der Waals surface area contributed by atoms with Crippen molar-refractivity contribution in [1.29, 1.82) is 0 Å². The minimum atomic E-state index is -3.17. The number of hydrogen-bond acceptors (Lipinski definition) is 4. The molecule has 6 heteroatoms. The highest BCUT2D eigenvalue weighted by Crippen LogP contribution is 2.13. The van der Waals surface area contributed by atoms with Crippen LogP contribution in [0.3, 0.4) is 0 Å². The van der Waals surface area contributed by atoms with Crippen molar-refractivity contribution in [3.63, 3.8) is 0 Å². The van der Waals surface area contributed by atoms with Crippen LogP contribution >= 0.6 is 0 Å². The number of hydrogen-bond donors (Lipinski definition) is 2. The van der Waals surface area contributed by atoms with Crippen molar-refractivity contribution in [2.75, 3.05) is 32.1 Å². The summed E-state index contributed by atoms with van der Waals surface area (Å²) < 4.78 is 30.9. The molecule has 17 heavy (non-hydrogen) atoms. The van der Waals surface area contributed by atoms with Gasteiger partial charge in [0.25, 0.3) is 0 Å². The van der Waals surface area contributed by atoms with E-state index >= 15 is 0 Å². The summed E-state index contributed by atoms with van der Waals surface area (Å²) in [5, 5.41) is 3.36. The lowest BCUT2D eigenvalue weighted by Gasteiger charge is -2.27. The highest BCUT2D eigenvalue weighted by molar-refractivity contribution is 7.89. The molecule has 0 amide bonds. The van der Waals surface area contributed by atoms with E-state index in [1.165, 1.54) is 0 Å². The Bertz CT molecular complexity index is 298. The van der Waals surface area contributed by atoms with Crippen LogP contribution in [0.1, 0.15) is 26.7 Å². The van der Waals surface area contributed by atoms with Gasteiger partial charge in [0.15, 0.2) is 0 Å². The highest BCUT2D eigenvalue weighted by Gasteiger charge is 2.19.